The first-order chi connectivity index (χ1) is 8.16. The number of nitrogens with one attached hydrogen (secondary N) is 2. The fourth-order valence-electron chi connectivity index (χ4n) is 1.87. The van der Waals surface area contributed by atoms with Gasteiger partial charge < -0.3 is 10.6 Å². The summed E-state index contributed by atoms with van der Waals surface area (Å²) in [6.45, 7) is 0.724. The van der Waals surface area contributed by atoms with Gasteiger partial charge >= 0.3 is 0 Å². The maximum Gasteiger partial charge on any atom is 0.242 e. The van der Waals surface area contributed by atoms with Crippen molar-refractivity contribution < 1.29 is 9.18 Å². The molecule has 0 saturated carbocycles. The molecule has 0 spiro atoms. The van der Waals surface area contributed by atoms with Crippen LogP contribution in [0, 0.1) is 5.82 Å². The number of carbonyl (C=O) groups excluding carboxylic acids is 1. The SMILES string of the molecule is O=C1NCCCCC1Nc1cc(F)ccc1Br. The zero-order chi connectivity index (χ0) is 12.3. The Kier molecular flexibility index (Phi) is 3.99. The fourth-order valence-corrected chi connectivity index (χ4v) is 2.23. The molecule has 1 aromatic rings. The third-order valence-corrected chi connectivity index (χ3v) is 3.48. The van der Waals surface area contributed by atoms with Crippen LogP contribution in [0.15, 0.2) is 22.7 Å². The average molecular weight is 301 g/mol. The lowest BCUT2D eigenvalue weighted by molar-refractivity contribution is -0.121. The van der Waals surface area contributed by atoms with Gasteiger partial charge in [-0.05, 0) is 53.4 Å². The van der Waals surface area contributed by atoms with E-state index < -0.39 is 0 Å². The Morgan fingerprint density at radius 2 is 2.24 bits per heavy atom. The van der Waals surface area contributed by atoms with Gasteiger partial charge in [0.25, 0.3) is 0 Å². The van der Waals surface area contributed by atoms with Gasteiger partial charge in [0.2, 0.25) is 5.91 Å². The van der Waals surface area contributed by atoms with E-state index >= 15 is 0 Å². The van der Waals surface area contributed by atoms with Crippen LogP contribution in [0.25, 0.3) is 0 Å². The molecular formula is C12H14BrFN2O. The van der Waals surface area contributed by atoms with Crippen LogP contribution in [-0.4, -0.2) is 18.5 Å². The summed E-state index contributed by atoms with van der Waals surface area (Å²) in [4.78, 5) is 11.7. The molecule has 1 saturated heterocycles. The minimum atomic E-state index is -0.315. The van der Waals surface area contributed by atoms with Crippen molar-refractivity contribution in [3.05, 3.63) is 28.5 Å². The van der Waals surface area contributed by atoms with Crippen molar-refractivity contribution in [1.82, 2.24) is 5.32 Å². The molecule has 1 aromatic carbocycles. The van der Waals surface area contributed by atoms with E-state index in [0.717, 1.165) is 30.3 Å². The molecule has 5 heteroatoms. The molecule has 92 valence electrons. The first kappa shape index (κ1) is 12.4. The first-order valence-corrected chi connectivity index (χ1v) is 6.45. The lowest BCUT2D eigenvalue weighted by Gasteiger charge is -2.17. The minimum Gasteiger partial charge on any atom is -0.373 e. The van der Waals surface area contributed by atoms with Gasteiger partial charge in [-0.1, -0.05) is 0 Å². The van der Waals surface area contributed by atoms with Gasteiger partial charge in [-0.3, -0.25) is 4.79 Å². The molecule has 1 amide bonds. The number of benzene rings is 1. The normalized spacial score (nSPS) is 20.6. The van der Waals surface area contributed by atoms with Gasteiger partial charge in [-0.2, -0.15) is 0 Å². The summed E-state index contributed by atoms with van der Waals surface area (Å²) < 4.78 is 13.9. The van der Waals surface area contributed by atoms with Crippen LogP contribution in [0.1, 0.15) is 19.3 Å². The summed E-state index contributed by atoms with van der Waals surface area (Å²) >= 11 is 3.34. The molecule has 2 N–H and O–H groups in total. The van der Waals surface area contributed by atoms with Gasteiger partial charge in [0.1, 0.15) is 11.9 Å². The number of anilines is 1. The molecule has 1 aliphatic rings. The van der Waals surface area contributed by atoms with E-state index in [1.165, 1.54) is 12.1 Å². The first-order valence-electron chi connectivity index (χ1n) is 5.66. The van der Waals surface area contributed by atoms with E-state index in [9.17, 15) is 9.18 Å². The van der Waals surface area contributed by atoms with E-state index in [-0.39, 0.29) is 17.8 Å². The Labute approximate surface area is 108 Å². The van der Waals surface area contributed by atoms with Crippen LogP contribution < -0.4 is 10.6 Å². The van der Waals surface area contributed by atoms with Gasteiger partial charge in [0.05, 0.1) is 5.69 Å². The zero-order valence-corrected chi connectivity index (χ0v) is 10.9. The number of hydrogen-bond acceptors (Lipinski definition) is 2. The Morgan fingerprint density at radius 3 is 3.06 bits per heavy atom. The summed E-state index contributed by atoms with van der Waals surface area (Å²) in [7, 11) is 0. The van der Waals surface area contributed by atoms with Gasteiger partial charge in [0, 0.05) is 11.0 Å². The molecule has 1 unspecified atom stereocenters. The summed E-state index contributed by atoms with van der Waals surface area (Å²) in [5, 5.41) is 5.92. The highest BCUT2D eigenvalue weighted by atomic mass is 79.9. The summed E-state index contributed by atoms with van der Waals surface area (Å²) in [5.41, 5.74) is 0.618. The molecule has 0 bridgehead atoms. The highest BCUT2D eigenvalue weighted by Gasteiger charge is 2.20. The molecule has 1 atom stereocenters. The highest BCUT2D eigenvalue weighted by Crippen LogP contribution is 2.24. The van der Waals surface area contributed by atoms with Crippen LogP contribution in [0.5, 0.6) is 0 Å². The second-order valence-electron chi connectivity index (χ2n) is 4.11. The van der Waals surface area contributed by atoms with E-state index in [4.69, 9.17) is 0 Å². The Morgan fingerprint density at radius 1 is 1.41 bits per heavy atom. The van der Waals surface area contributed by atoms with Crippen LogP contribution >= 0.6 is 15.9 Å². The molecular weight excluding hydrogens is 287 g/mol. The lowest BCUT2D eigenvalue weighted by atomic mass is 10.1. The molecule has 2 rings (SSSR count). The Balaban J connectivity index is 2.13. The minimum absolute atomic E-state index is 0.0151. The number of hydrogen-bond donors (Lipinski definition) is 2. The van der Waals surface area contributed by atoms with Crippen molar-refractivity contribution in [3.63, 3.8) is 0 Å². The molecule has 3 nitrogen and oxygen atoms in total. The van der Waals surface area contributed by atoms with Gasteiger partial charge in [0.15, 0.2) is 0 Å². The van der Waals surface area contributed by atoms with Crippen LogP contribution in [0.4, 0.5) is 10.1 Å². The maximum atomic E-state index is 13.1. The molecule has 1 aliphatic heterocycles. The number of carbonyl (C=O) groups is 1. The van der Waals surface area contributed by atoms with Crippen molar-refractivity contribution in [1.29, 1.82) is 0 Å². The highest BCUT2D eigenvalue weighted by molar-refractivity contribution is 9.10. The standard InChI is InChI=1S/C12H14BrFN2O/c13-9-5-4-8(14)7-11(9)16-10-3-1-2-6-15-12(10)17/h4-5,7,10,16H,1-3,6H2,(H,15,17). The van der Waals surface area contributed by atoms with Crippen molar-refractivity contribution >= 4 is 27.5 Å². The smallest absolute Gasteiger partial charge is 0.242 e. The number of rotatable bonds is 2. The molecule has 0 radical (unpaired) electrons. The summed E-state index contributed by atoms with van der Waals surface area (Å²) in [6, 6.07) is 4.12. The quantitative estimate of drug-likeness (QED) is 0.882. The predicted molar refractivity (Wildman–Crippen MR) is 68.4 cm³/mol. The summed E-state index contributed by atoms with van der Waals surface area (Å²) in [5.74, 6) is -0.330. The monoisotopic (exact) mass is 300 g/mol. The topological polar surface area (TPSA) is 41.1 Å². The largest absolute Gasteiger partial charge is 0.373 e. The van der Waals surface area contributed by atoms with Crippen LogP contribution in [0.2, 0.25) is 0 Å². The third-order valence-electron chi connectivity index (χ3n) is 2.79. The average Bonchev–Trinajstić information content (AvgIpc) is 2.50. The van der Waals surface area contributed by atoms with Crippen molar-refractivity contribution in [2.75, 3.05) is 11.9 Å². The summed E-state index contributed by atoms with van der Waals surface area (Å²) in [6.07, 6.45) is 2.76. The van der Waals surface area contributed by atoms with E-state index in [1.54, 1.807) is 6.07 Å². The second-order valence-corrected chi connectivity index (χ2v) is 4.96. The molecule has 0 aromatic heterocycles. The zero-order valence-electron chi connectivity index (χ0n) is 9.30. The van der Waals surface area contributed by atoms with Crippen LogP contribution in [0.3, 0.4) is 0 Å². The van der Waals surface area contributed by atoms with E-state index in [2.05, 4.69) is 26.6 Å². The van der Waals surface area contributed by atoms with Crippen molar-refractivity contribution in [3.8, 4) is 0 Å². The maximum absolute atomic E-state index is 13.1. The Hall–Kier alpha value is -1.10. The number of amides is 1. The molecule has 1 fully saturated rings. The van der Waals surface area contributed by atoms with Gasteiger partial charge in [-0.15, -0.1) is 0 Å². The van der Waals surface area contributed by atoms with Crippen LogP contribution in [-0.2, 0) is 4.79 Å². The van der Waals surface area contributed by atoms with Crippen molar-refractivity contribution in [2.24, 2.45) is 0 Å². The van der Waals surface area contributed by atoms with E-state index in [0.29, 0.717) is 5.69 Å². The molecule has 0 aliphatic carbocycles. The lowest BCUT2D eigenvalue weighted by Crippen LogP contribution is -2.37. The predicted octanol–water partition coefficient (Wildman–Crippen LogP) is 2.67. The molecule has 17 heavy (non-hydrogen) atoms. The third kappa shape index (κ3) is 3.19. The number of halogens is 2. The second kappa shape index (κ2) is 5.49. The van der Waals surface area contributed by atoms with Crippen molar-refractivity contribution in [2.45, 2.75) is 25.3 Å². The molecule has 1 heterocycles. The van der Waals surface area contributed by atoms with Gasteiger partial charge in [-0.25, -0.2) is 4.39 Å². The Bertz CT molecular complexity index is 425. The van der Waals surface area contributed by atoms with E-state index in [1.807, 2.05) is 0 Å². The fraction of sp³-hybridized carbons (Fsp3) is 0.417.